The number of alkyl halides is 1. The zero-order valence-electron chi connectivity index (χ0n) is 7.93. The van der Waals surface area contributed by atoms with Crippen LogP contribution in [0.2, 0.25) is 0 Å². The zero-order chi connectivity index (χ0) is 9.84. The summed E-state index contributed by atoms with van der Waals surface area (Å²) in [6, 6.07) is 5.86. The Morgan fingerprint density at radius 3 is 2.69 bits per heavy atom. The highest BCUT2D eigenvalue weighted by Gasteiger charge is 2.04. The number of carbonyl (C=O) groups excluding carboxylic acids is 1. The van der Waals surface area contributed by atoms with Gasteiger partial charge in [0.15, 0.2) is 5.78 Å². The molecular weight excluding hydrogens is 228 g/mol. The van der Waals surface area contributed by atoms with E-state index in [2.05, 4.69) is 22.9 Å². The summed E-state index contributed by atoms with van der Waals surface area (Å²) in [6.07, 6.45) is 0.574. The second-order valence-electron chi connectivity index (χ2n) is 3.05. The molecule has 0 heterocycles. The molecule has 1 aromatic carbocycles. The number of benzene rings is 1. The van der Waals surface area contributed by atoms with Gasteiger partial charge in [0.2, 0.25) is 0 Å². The van der Waals surface area contributed by atoms with Crippen molar-refractivity contribution in [3.63, 3.8) is 0 Å². The van der Waals surface area contributed by atoms with Crippen LogP contribution < -0.4 is 0 Å². The molecule has 13 heavy (non-hydrogen) atoms. The molecule has 0 aliphatic carbocycles. The molecule has 0 saturated carbocycles. The Labute approximate surface area is 87.3 Å². The van der Waals surface area contributed by atoms with Gasteiger partial charge in [0, 0.05) is 17.3 Å². The van der Waals surface area contributed by atoms with Crippen LogP contribution in [0.15, 0.2) is 18.2 Å². The molecule has 0 aromatic heterocycles. The minimum atomic E-state index is 0.210. The van der Waals surface area contributed by atoms with Crippen molar-refractivity contribution in [1.29, 1.82) is 0 Å². The number of halogens is 1. The molecule has 0 aliphatic heterocycles. The van der Waals surface area contributed by atoms with E-state index in [0.717, 1.165) is 10.9 Å². The molecule has 0 unspecified atom stereocenters. The molecule has 0 saturated heterocycles. The molecule has 2 heteroatoms. The van der Waals surface area contributed by atoms with E-state index in [4.69, 9.17) is 0 Å². The Morgan fingerprint density at radius 1 is 1.46 bits per heavy atom. The first-order chi connectivity index (χ1) is 6.19. The van der Waals surface area contributed by atoms with Crippen LogP contribution in [0.25, 0.3) is 0 Å². The summed E-state index contributed by atoms with van der Waals surface area (Å²) in [4.78, 5) is 11.4. The SMILES string of the molecule is CCC(=O)c1ccc(C)c(CBr)c1. The van der Waals surface area contributed by atoms with Crippen molar-refractivity contribution in [3.05, 3.63) is 34.9 Å². The quantitative estimate of drug-likeness (QED) is 0.584. The number of Topliss-reactive ketones (excluding diaryl/α,β-unsaturated/α-hetero) is 1. The van der Waals surface area contributed by atoms with Crippen LogP contribution in [-0.2, 0) is 5.33 Å². The lowest BCUT2D eigenvalue weighted by atomic mass is 10.0. The van der Waals surface area contributed by atoms with Crippen LogP contribution in [0.5, 0.6) is 0 Å². The summed E-state index contributed by atoms with van der Waals surface area (Å²) in [7, 11) is 0. The first-order valence-electron chi connectivity index (χ1n) is 4.37. The molecule has 0 N–H and O–H groups in total. The van der Waals surface area contributed by atoms with Gasteiger partial charge in [-0.25, -0.2) is 0 Å². The smallest absolute Gasteiger partial charge is 0.162 e. The van der Waals surface area contributed by atoms with Crippen molar-refractivity contribution in [2.24, 2.45) is 0 Å². The van der Waals surface area contributed by atoms with Gasteiger partial charge in [-0.1, -0.05) is 35.0 Å². The van der Waals surface area contributed by atoms with Gasteiger partial charge in [-0.3, -0.25) is 4.79 Å². The fourth-order valence-electron chi connectivity index (χ4n) is 1.19. The monoisotopic (exact) mass is 240 g/mol. The van der Waals surface area contributed by atoms with E-state index in [9.17, 15) is 4.79 Å². The first kappa shape index (κ1) is 10.5. The van der Waals surface area contributed by atoms with Crippen LogP contribution >= 0.6 is 15.9 Å². The Hall–Kier alpha value is -0.630. The van der Waals surface area contributed by atoms with E-state index in [1.54, 1.807) is 0 Å². The van der Waals surface area contributed by atoms with Crippen molar-refractivity contribution >= 4 is 21.7 Å². The summed E-state index contributed by atoms with van der Waals surface area (Å²) >= 11 is 3.40. The summed E-state index contributed by atoms with van der Waals surface area (Å²) in [5.74, 6) is 0.210. The van der Waals surface area contributed by atoms with Crippen molar-refractivity contribution in [1.82, 2.24) is 0 Å². The maximum Gasteiger partial charge on any atom is 0.162 e. The highest BCUT2D eigenvalue weighted by Crippen LogP contribution is 2.15. The molecule has 0 fully saturated rings. The fourth-order valence-corrected chi connectivity index (χ4v) is 1.80. The summed E-state index contributed by atoms with van der Waals surface area (Å²) < 4.78 is 0. The Kier molecular flexibility index (Phi) is 3.67. The van der Waals surface area contributed by atoms with Crippen LogP contribution in [0.4, 0.5) is 0 Å². The largest absolute Gasteiger partial charge is 0.294 e. The molecule has 0 bridgehead atoms. The van der Waals surface area contributed by atoms with Crippen molar-refractivity contribution in [2.75, 3.05) is 0 Å². The fraction of sp³-hybridized carbons (Fsp3) is 0.364. The van der Waals surface area contributed by atoms with Gasteiger partial charge in [0.25, 0.3) is 0 Å². The maximum atomic E-state index is 11.4. The lowest BCUT2D eigenvalue weighted by Gasteiger charge is -2.04. The standard InChI is InChI=1S/C11H13BrO/c1-3-11(13)9-5-4-8(2)10(6-9)7-12/h4-6H,3,7H2,1-2H3. The highest BCUT2D eigenvalue weighted by molar-refractivity contribution is 9.08. The van der Waals surface area contributed by atoms with Crippen LogP contribution in [0.3, 0.4) is 0 Å². The Balaban J connectivity index is 3.06. The lowest BCUT2D eigenvalue weighted by molar-refractivity contribution is 0.0988. The maximum absolute atomic E-state index is 11.4. The third-order valence-electron chi connectivity index (χ3n) is 2.14. The van der Waals surface area contributed by atoms with E-state index < -0.39 is 0 Å². The first-order valence-corrected chi connectivity index (χ1v) is 5.50. The number of rotatable bonds is 3. The van der Waals surface area contributed by atoms with E-state index in [0.29, 0.717) is 6.42 Å². The van der Waals surface area contributed by atoms with Gasteiger partial charge in [-0.15, -0.1) is 0 Å². The summed E-state index contributed by atoms with van der Waals surface area (Å²) in [5, 5.41) is 0.809. The van der Waals surface area contributed by atoms with Gasteiger partial charge in [0.1, 0.15) is 0 Å². The molecule has 1 aromatic rings. The van der Waals surface area contributed by atoms with Crippen LogP contribution in [0.1, 0.15) is 34.8 Å². The van der Waals surface area contributed by atoms with E-state index in [1.165, 1.54) is 11.1 Å². The molecule has 1 nitrogen and oxygen atoms in total. The average molecular weight is 241 g/mol. The van der Waals surface area contributed by atoms with E-state index >= 15 is 0 Å². The lowest BCUT2D eigenvalue weighted by Crippen LogP contribution is -1.98. The van der Waals surface area contributed by atoms with Gasteiger partial charge < -0.3 is 0 Å². The number of aryl methyl sites for hydroxylation is 1. The number of hydrogen-bond donors (Lipinski definition) is 0. The normalized spacial score (nSPS) is 10.1. The predicted octanol–water partition coefficient (Wildman–Crippen LogP) is 3.48. The minimum absolute atomic E-state index is 0.210. The Bertz CT molecular complexity index is 318. The van der Waals surface area contributed by atoms with Crippen molar-refractivity contribution in [3.8, 4) is 0 Å². The highest BCUT2D eigenvalue weighted by atomic mass is 79.9. The number of ketones is 1. The zero-order valence-corrected chi connectivity index (χ0v) is 9.52. The molecule has 0 amide bonds. The molecule has 0 spiro atoms. The van der Waals surface area contributed by atoms with Crippen molar-refractivity contribution in [2.45, 2.75) is 25.6 Å². The van der Waals surface area contributed by atoms with Gasteiger partial charge in [0.05, 0.1) is 0 Å². The van der Waals surface area contributed by atoms with Gasteiger partial charge in [-0.05, 0) is 24.1 Å². The number of hydrogen-bond acceptors (Lipinski definition) is 1. The second kappa shape index (κ2) is 4.56. The molecular formula is C11H13BrO. The van der Waals surface area contributed by atoms with Crippen molar-refractivity contribution < 1.29 is 4.79 Å². The third-order valence-corrected chi connectivity index (χ3v) is 2.74. The number of carbonyl (C=O) groups is 1. The molecule has 0 aliphatic rings. The Morgan fingerprint density at radius 2 is 2.15 bits per heavy atom. The molecule has 0 radical (unpaired) electrons. The summed E-state index contributed by atoms with van der Waals surface area (Å²) in [5.41, 5.74) is 3.24. The van der Waals surface area contributed by atoms with Crippen LogP contribution in [0, 0.1) is 6.92 Å². The van der Waals surface area contributed by atoms with Crippen LogP contribution in [-0.4, -0.2) is 5.78 Å². The predicted molar refractivity (Wildman–Crippen MR) is 58.4 cm³/mol. The average Bonchev–Trinajstić information content (AvgIpc) is 2.17. The molecule has 0 atom stereocenters. The molecule has 1 rings (SSSR count). The molecule has 70 valence electrons. The third kappa shape index (κ3) is 2.41. The minimum Gasteiger partial charge on any atom is -0.294 e. The van der Waals surface area contributed by atoms with E-state index in [-0.39, 0.29) is 5.78 Å². The second-order valence-corrected chi connectivity index (χ2v) is 3.61. The summed E-state index contributed by atoms with van der Waals surface area (Å²) in [6.45, 7) is 3.94. The topological polar surface area (TPSA) is 17.1 Å². The van der Waals surface area contributed by atoms with Gasteiger partial charge >= 0.3 is 0 Å². The van der Waals surface area contributed by atoms with E-state index in [1.807, 2.05) is 25.1 Å². The van der Waals surface area contributed by atoms with Gasteiger partial charge in [-0.2, -0.15) is 0 Å².